The molecule has 0 spiro atoms. The second kappa shape index (κ2) is 6.48. The van der Waals surface area contributed by atoms with Gasteiger partial charge >= 0.3 is 0 Å². The van der Waals surface area contributed by atoms with Crippen molar-refractivity contribution in [1.82, 2.24) is 0 Å². The molecular formula is C17H11Cl3N2O2. The number of anilines is 2. The van der Waals surface area contributed by atoms with Crippen LogP contribution in [0.25, 0.3) is 0 Å². The van der Waals surface area contributed by atoms with Gasteiger partial charge in [0.25, 0.3) is 11.8 Å². The Morgan fingerprint density at radius 3 is 2.04 bits per heavy atom. The molecule has 0 saturated carbocycles. The molecule has 0 aliphatic carbocycles. The van der Waals surface area contributed by atoms with Crippen molar-refractivity contribution >= 4 is 58.0 Å². The minimum Gasteiger partial charge on any atom is -0.350 e. The average molecular weight is 382 g/mol. The fraction of sp³-hybridized carbons (Fsp3) is 0.0588. The number of imide groups is 1. The summed E-state index contributed by atoms with van der Waals surface area (Å²) in [6.45, 7) is 1.95. The molecule has 0 unspecified atom stereocenters. The number of hydrogen-bond donors (Lipinski definition) is 1. The van der Waals surface area contributed by atoms with Crippen LogP contribution in [0.15, 0.2) is 53.2 Å². The summed E-state index contributed by atoms with van der Waals surface area (Å²) in [5.74, 6) is -1.20. The quantitative estimate of drug-likeness (QED) is 0.781. The van der Waals surface area contributed by atoms with Crippen LogP contribution in [0.3, 0.4) is 0 Å². The number of nitrogens with zero attached hydrogens (tertiary/aromatic N) is 1. The van der Waals surface area contributed by atoms with Gasteiger partial charge in [0, 0.05) is 15.7 Å². The topological polar surface area (TPSA) is 49.4 Å². The number of nitrogens with one attached hydrogen (secondary N) is 1. The van der Waals surface area contributed by atoms with E-state index < -0.39 is 11.8 Å². The van der Waals surface area contributed by atoms with E-state index in [1.54, 1.807) is 12.1 Å². The zero-order valence-electron chi connectivity index (χ0n) is 12.4. The molecule has 0 saturated heterocycles. The molecule has 1 aliphatic heterocycles. The summed E-state index contributed by atoms with van der Waals surface area (Å²) in [5, 5.41) is 3.34. The summed E-state index contributed by atoms with van der Waals surface area (Å²) in [4.78, 5) is 26.0. The SMILES string of the molecule is Cc1ccc(NC2=C(Cl)C(=O)N(c3cc(Cl)cc(Cl)c3)C2=O)cc1. The standard InChI is InChI=1S/C17H11Cl3N2O2/c1-9-2-4-12(5-3-9)21-15-14(20)16(23)22(17(15)24)13-7-10(18)6-11(19)8-13/h2-8,21H,1H3. The maximum absolute atomic E-state index is 12.6. The van der Waals surface area contributed by atoms with Crippen molar-refractivity contribution in [2.24, 2.45) is 0 Å². The van der Waals surface area contributed by atoms with Gasteiger partial charge in [-0.1, -0.05) is 52.5 Å². The van der Waals surface area contributed by atoms with Gasteiger partial charge in [-0.05, 0) is 37.3 Å². The Kier molecular flexibility index (Phi) is 4.54. The van der Waals surface area contributed by atoms with Crippen LogP contribution in [0.2, 0.25) is 10.0 Å². The van der Waals surface area contributed by atoms with E-state index in [2.05, 4.69) is 5.32 Å². The van der Waals surface area contributed by atoms with E-state index in [1.807, 2.05) is 19.1 Å². The Labute approximate surface area is 153 Å². The Bertz CT molecular complexity index is 856. The van der Waals surface area contributed by atoms with Crippen LogP contribution in [0.4, 0.5) is 11.4 Å². The van der Waals surface area contributed by atoms with Crippen molar-refractivity contribution in [3.05, 3.63) is 68.8 Å². The first kappa shape index (κ1) is 16.8. The highest BCUT2D eigenvalue weighted by atomic mass is 35.5. The number of hydrogen-bond acceptors (Lipinski definition) is 3. The first-order valence-electron chi connectivity index (χ1n) is 6.95. The molecule has 3 rings (SSSR count). The van der Waals surface area contributed by atoms with E-state index in [-0.39, 0.29) is 16.4 Å². The second-order valence-corrected chi connectivity index (χ2v) is 6.50. The lowest BCUT2D eigenvalue weighted by Gasteiger charge is -2.15. The highest BCUT2D eigenvalue weighted by Gasteiger charge is 2.39. The minimum absolute atomic E-state index is 0.0154. The molecule has 0 aromatic heterocycles. The Morgan fingerprint density at radius 1 is 0.875 bits per heavy atom. The van der Waals surface area contributed by atoms with Crippen LogP contribution >= 0.6 is 34.8 Å². The number of aryl methyl sites for hydroxylation is 1. The zero-order valence-corrected chi connectivity index (χ0v) is 14.7. The number of halogens is 3. The number of carbonyl (C=O) groups is 2. The van der Waals surface area contributed by atoms with Gasteiger partial charge in [0.2, 0.25) is 0 Å². The molecule has 4 nitrogen and oxygen atoms in total. The van der Waals surface area contributed by atoms with E-state index in [0.717, 1.165) is 10.5 Å². The molecule has 2 aromatic carbocycles. The molecule has 0 fully saturated rings. The van der Waals surface area contributed by atoms with Gasteiger partial charge in [-0.3, -0.25) is 9.59 Å². The lowest BCUT2D eigenvalue weighted by atomic mass is 10.2. The van der Waals surface area contributed by atoms with Gasteiger partial charge in [0.05, 0.1) is 5.69 Å². The maximum Gasteiger partial charge on any atom is 0.283 e. The molecule has 122 valence electrons. The summed E-state index contributed by atoms with van der Waals surface area (Å²) in [7, 11) is 0. The average Bonchev–Trinajstić information content (AvgIpc) is 2.72. The van der Waals surface area contributed by atoms with Crippen LogP contribution in [-0.2, 0) is 9.59 Å². The third kappa shape index (κ3) is 3.13. The van der Waals surface area contributed by atoms with Gasteiger partial charge < -0.3 is 5.32 Å². The Balaban J connectivity index is 1.94. The molecule has 2 amide bonds. The molecule has 0 bridgehead atoms. The Hall–Kier alpha value is -2.01. The largest absolute Gasteiger partial charge is 0.350 e. The minimum atomic E-state index is -0.630. The van der Waals surface area contributed by atoms with Crippen molar-refractivity contribution in [2.75, 3.05) is 10.2 Å². The molecule has 2 aromatic rings. The highest BCUT2D eigenvalue weighted by Crippen LogP contribution is 2.33. The molecule has 1 aliphatic rings. The van der Waals surface area contributed by atoms with E-state index in [0.29, 0.717) is 15.7 Å². The molecule has 24 heavy (non-hydrogen) atoms. The Morgan fingerprint density at radius 2 is 1.46 bits per heavy atom. The summed E-state index contributed by atoms with van der Waals surface area (Å²) in [6, 6.07) is 11.8. The molecule has 7 heteroatoms. The van der Waals surface area contributed by atoms with Crippen LogP contribution < -0.4 is 10.2 Å². The lowest BCUT2D eigenvalue weighted by Crippen LogP contribution is -2.32. The van der Waals surface area contributed by atoms with Crippen molar-refractivity contribution in [3.8, 4) is 0 Å². The lowest BCUT2D eigenvalue weighted by molar-refractivity contribution is -0.120. The van der Waals surface area contributed by atoms with E-state index in [9.17, 15) is 9.59 Å². The molecule has 0 radical (unpaired) electrons. The number of amides is 2. The van der Waals surface area contributed by atoms with Gasteiger partial charge in [-0.2, -0.15) is 0 Å². The summed E-state index contributed by atoms with van der Waals surface area (Å²) >= 11 is 18.0. The number of rotatable bonds is 3. The fourth-order valence-corrected chi connectivity index (χ4v) is 3.02. The molecular weight excluding hydrogens is 371 g/mol. The first-order valence-corrected chi connectivity index (χ1v) is 8.08. The number of carbonyl (C=O) groups excluding carboxylic acids is 2. The van der Waals surface area contributed by atoms with Gasteiger partial charge in [-0.15, -0.1) is 0 Å². The van der Waals surface area contributed by atoms with Crippen molar-refractivity contribution in [3.63, 3.8) is 0 Å². The number of benzene rings is 2. The summed E-state index contributed by atoms with van der Waals surface area (Å²) in [5.41, 5.74) is 2.01. The van der Waals surface area contributed by atoms with E-state index in [4.69, 9.17) is 34.8 Å². The smallest absolute Gasteiger partial charge is 0.283 e. The third-order valence-corrected chi connectivity index (χ3v) is 4.24. The third-order valence-electron chi connectivity index (χ3n) is 3.45. The van der Waals surface area contributed by atoms with Crippen LogP contribution in [0.1, 0.15) is 5.56 Å². The predicted molar refractivity (Wildman–Crippen MR) is 96.6 cm³/mol. The van der Waals surface area contributed by atoms with Crippen molar-refractivity contribution in [2.45, 2.75) is 6.92 Å². The van der Waals surface area contributed by atoms with Crippen LogP contribution in [-0.4, -0.2) is 11.8 Å². The maximum atomic E-state index is 12.6. The normalized spacial score (nSPS) is 14.6. The second-order valence-electron chi connectivity index (χ2n) is 5.25. The van der Waals surface area contributed by atoms with Gasteiger partial charge in [0.1, 0.15) is 10.7 Å². The highest BCUT2D eigenvalue weighted by molar-refractivity contribution is 6.53. The van der Waals surface area contributed by atoms with E-state index >= 15 is 0 Å². The summed E-state index contributed by atoms with van der Waals surface area (Å²) < 4.78 is 0. The first-order chi connectivity index (χ1) is 11.4. The zero-order chi connectivity index (χ0) is 17.4. The van der Waals surface area contributed by atoms with Gasteiger partial charge in [-0.25, -0.2) is 4.90 Å². The molecule has 1 heterocycles. The van der Waals surface area contributed by atoms with Crippen LogP contribution in [0, 0.1) is 6.92 Å². The van der Waals surface area contributed by atoms with E-state index in [1.165, 1.54) is 18.2 Å². The molecule has 0 atom stereocenters. The van der Waals surface area contributed by atoms with Crippen molar-refractivity contribution < 1.29 is 9.59 Å². The van der Waals surface area contributed by atoms with Crippen molar-refractivity contribution in [1.29, 1.82) is 0 Å². The van der Waals surface area contributed by atoms with Gasteiger partial charge in [0.15, 0.2) is 0 Å². The van der Waals surface area contributed by atoms with Crippen LogP contribution in [0.5, 0.6) is 0 Å². The fourth-order valence-electron chi connectivity index (χ4n) is 2.30. The monoisotopic (exact) mass is 380 g/mol. The predicted octanol–water partition coefficient (Wildman–Crippen LogP) is 4.74. The summed E-state index contributed by atoms with van der Waals surface area (Å²) in [6.07, 6.45) is 0. The molecule has 1 N–H and O–H groups in total.